The first-order valence-electron chi connectivity index (χ1n) is 7.70. The molecule has 25 heavy (non-hydrogen) atoms. The van der Waals surface area contributed by atoms with Crippen molar-refractivity contribution in [2.75, 3.05) is 18.5 Å². The number of hydrogen-bond acceptors (Lipinski definition) is 7. The van der Waals surface area contributed by atoms with Crippen molar-refractivity contribution in [1.29, 1.82) is 0 Å². The molecular formula is C16H19N3O6-2. The van der Waals surface area contributed by atoms with Crippen LogP contribution < -0.4 is 36.3 Å². The molecule has 0 amide bonds. The van der Waals surface area contributed by atoms with Crippen LogP contribution in [0.2, 0.25) is 0 Å². The molecule has 136 valence electrons. The monoisotopic (exact) mass is 349 g/mol. The molecule has 2 rings (SSSR count). The van der Waals surface area contributed by atoms with Crippen LogP contribution in [0.15, 0.2) is 27.8 Å². The molecule has 1 heterocycles. The van der Waals surface area contributed by atoms with Crippen LogP contribution in [0, 0.1) is 6.92 Å². The van der Waals surface area contributed by atoms with Gasteiger partial charge in [0.15, 0.2) is 0 Å². The van der Waals surface area contributed by atoms with E-state index in [1.807, 2.05) is 4.98 Å². The van der Waals surface area contributed by atoms with Gasteiger partial charge in [0.25, 0.3) is 5.56 Å². The summed E-state index contributed by atoms with van der Waals surface area (Å²) in [4.78, 5) is 27.3. The highest BCUT2D eigenvalue weighted by atomic mass is 16.5. The topological polar surface area (TPSA) is 142 Å². The number of aromatic amines is 2. The SMILES string of the molecule is CCOc1ccc(OCC)c(NC([O-])([O-])c2c(C)[nH]c(=O)[nH]c2=O)c1. The molecule has 1 aromatic heterocycles. The summed E-state index contributed by atoms with van der Waals surface area (Å²) < 4.78 is 10.7. The molecule has 0 atom stereocenters. The third kappa shape index (κ3) is 4.20. The minimum atomic E-state index is -3.25. The van der Waals surface area contributed by atoms with E-state index in [0.29, 0.717) is 19.0 Å². The number of benzene rings is 1. The van der Waals surface area contributed by atoms with Crippen LogP contribution in [-0.4, -0.2) is 23.2 Å². The van der Waals surface area contributed by atoms with Gasteiger partial charge in [-0.1, -0.05) is 5.91 Å². The third-order valence-corrected chi connectivity index (χ3v) is 3.32. The molecule has 0 aliphatic heterocycles. The Balaban J connectivity index is 2.47. The molecule has 0 fully saturated rings. The maximum absolute atomic E-state index is 12.5. The van der Waals surface area contributed by atoms with Gasteiger partial charge in [-0.05, 0) is 32.9 Å². The van der Waals surface area contributed by atoms with Crippen molar-refractivity contribution in [3.63, 3.8) is 0 Å². The van der Waals surface area contributed by atoms with E-state index in [1.165, 1.54) is 13.0 Å². The molecule has 3 N–H and O–H groups in total. The van der Waals surface area contributed by atoms with Crippen LogP contribution >= 0.6 is 0 Å². The highest BCUT2D eigenvalue weighted by molar-refractivity contribution is 5.60. The lowest BCUT2D eigenvalue weighted by molar-refractivity contribution is -0.724. The Bertz CT molecular complexity index is 856. The predicted molar refractivity (Wildman–Crippen MR) is 86.5 cm³/mol. The fourth-order valence-corrected chi connectivity index (χ4v) is 2.38. The summed E-state index contributed by atoms with van der Waals surface area (Å²) in [7, 11) is 0. The first kappa shape index (κ1) is 18.6. The van der Waals surface area contributed by atoms with Gasteiger partial charge in [0.1, 0.15) is 11.5 Å². The Morgan fingerprint density at radius 2 is 1.80 bits per heavy atom. The van der Waals surface area contributed by atoms with Crippen LogP contribution in [0.5, 0.6) is 11.5 Å². The van der Waals surface area contributed by atoms with Crippen molar-refractivity contribution in [3.05, 3.63) is 50.3 Å². The zero-order valence-corrected chi connectivity index (χ0v) is 14.1. The van der Waals surface area contributed by atoms with Gasteiger partial charge in [0.2, 0.25) is 0 Å². The van der Waals surface area contributed by atoms with Gasteiger partial charge in [-0.2, -0.15) is 0 Å². The summed E-state index contributed by atoms with van der Waals surface area (Å²) in [6.45, 7) is 5.55. The average molecular weight is 349 g/mol. The molecule has 0 bridgehead atoms. The standard InChI is InChI=1S/C16H19N3O6/c1-4-24-10-6-7-12(25-5-2)11(8-10)19-16(22,23)13-9(3)17-15(21)18-14(13)20/h6-8,19H,4-5H2,1-3H3,(H2,17,18,20,21)/q-2. The Morgan fingerprint density at radius 1 is 1.12 bits per heavy atom. The second-order valence-corrected chi connectivity index (χ2v) is 5.17. The first-order chi connectivity index (χ1) is 11.8. The number of anilines is 1. The molecular weight excluding hydrogens is 330 g/mol. The molecule has 2 aromatic rings. The summed E-state index contributed by atoms with van der Waals surface area (Å²) in [6.07, 6.45) is 0. The molecule has 0 spiro atoms. The smallest absolute Gasteiger partial charge is 0.325 e. The van der Waals surface area contributed by atoms with Gasteiger partial charge in [-0.15, -0.1) is 0 Å². The number of ether oxygens (including phenoxy) is 2. The van der Waals surface area contributed by atoms with Crippen molar-refractivity contribution < 1.29 is 19.7 Å². The summed E-state index contributed by atoms with van der Waals surface area (Å²) >= 11 is 0. The van der Waals surface area contributed by atoms with Crippen LogP contribution in [-0.2, 0) is 5.91 Å². The number of H-pyrrole nitrogens is 2. The van der Waals surface area contributed by atoms with E-state index in [2.05, 4.69) is 10.3 Å². The van der Waals surface area contributed by atoms with E-state index in [9.17, 15) is 19.8 Å². The van der Waals surface area contributed by atoms with Crippen molar-refractivity contribution in [2.24, 2.45) is 0 Å². The van der Waals surface area contributed by atoms with E-state index in [-0.39, 0.29) is 17.1 Å². The average Bonchev–Trinajstić information content (AvgIpc) is 2.48. The third-order valence-electron chi connectivity index (χ3n) is 3.32. The maximum Gasteiger partial charge on any atom is 0.325 e. The second kappa shape index (κ2) is 7.41. The highest BCUT2D eigenvalue weighted by Gasteiger charge is 2.17. The maximum atomic E-state index is 12.5. The van der Waals surface area contributed by atoms with Crippen LogP contribution in [0.25, 0.3) is 0 Å². The number of nitrogens with one attached hydrogen (secondary N) is 3. The fraction of sp³-hybridized carbons (Fsp3) is 0.375. The van der Waals surface area contributed by atoms with Crippen LogP contribution in [0.3, 0.4) is 0 Å². The van der Waals surface area contributed by atoms with Gasteiger partial charge in [0, 0.05) is 17.3 Å². The highest BCUT2D eigenvalue weighted by Crippen LogP contribution is 2.31. The molecule has 0 unspecified atom stereocenters. The molecule has 0 radical (unpaired) electrons. The van der Waals surface area contributed by atoms with Crippen LogP contribution in [0.4, 0.5) is 5.69 Å². The van der Waals surface area contributed by atoms with E-state index < -0.39 is 22.7 Å². The lowest BCUT2D eigenvalue weighted by Crippen LogP contribution is -2.62. The van der Waals surface area contributed by atoms with Gasteiger partial charge < -0.3 is 30.0 Å². The fourth-order valence-electron chi connectivity index (χ4n) is 2.38. The Morgan fingerprint density at radius 3 is 2.40 bits per heavy atom. The zero-order valence-electron chi connectivity index (χ0n) is 14.1. The largest absolute Gasteiger partial charge is 0.844 e. The zero-order chi connectivity index (χ0) is 18.6. The predicted octanol–water partition coefficient (Wildman–Crippen LogP) is -0.888. The number of aryl methyl sites for hydroxylation is 1. The second-order valence-electron chi connectivity index (χ2n) is 5.17. The lowest BCUT2D eigenvalue weighted by atomic mass is 10.1. The minimum absolute atomic E-state index is 0.0859. The first-order valence-corrected chi connectivity index (χ1v) is 7.70. The molecule has 9 heteroatoms. The number of aromatic nitrogens is 2. The van der Waals surface area contributed by atoms with Gasteiger partial charge in [0.05, 0.1) is 18.9 Å². The van der Waals surface area contributed by atoms with Gasteiger partial charge in [-0.3, -0.25) is 9.78 Å². The Hall–Kier alpha value is -2.78. The van der Waals surface area contributed by atoms with E-state index in [4.69, 9.17) is 9.47 Å². The number of hydrogen-bond donors (Lipinski definition) is 3. The van der Waals surface area contributed by atoms with E-state index in [0.717, 1.165) is 0 Å². The molecule has 0 aliphatic rings. The van der Waals surface area contributed by atoms with Gasteiger partial charge >= 0.3 is 5.69 Å². The van der Waals surface area contributed by atoms with Crippen LogP contribution in [0.1, 0.15) is 25.1 Å². The molecule has 0 saturated carbocycles. The summed E-state index contributed by atoms with van der Waals surface area (Å²) in [6, 6.07) is 4.63. The van der Waals surface area contributed by atoms with Gasteiger partial charge in [-0.25, -0.2) is 4.79 Å². The van der Waals surface area contributed by atoms with Crippen molar-refractivity contribution in [1.82, 2.24) is 9.97 Å². The molecule has 0 aliphatic carbocycles. The normalized spacial score (nSPS) is 11.2. The summed E-state index contributed by atoms with van der Waals surface area (Å²) in [5.41, 5.74) is -2.52. The molecule has 9 nitrogen and oxygen atoms in total. The quantitative estimate of drug-likeness (QED) is 0.550. The Kier molecular flexibility index (Phi) is 5.50. The van der Waals surface area contributed by atoms with Crippen molar-refractivity contribution in [3.8, 4) is 11.5 Å². The van der Waals surface area contributed by atoms with Crippen molar-refractivity contribution >= 4 is 5.69 Å². The van der Waals surface area contributed by atoms with E-state index >= 15 is 0 Å². The molecule has 1 aromatic carbocycles. The Labute approximate surface area is 143 Å². The lowest BCUT2D eigenvalue weighted by Gasteiger charge is -2.49. The number of rotatable bonds is 7. The minimum Gasteiger partial charge on any atom is -0.844 e. The molecule has 0 saturated heterocycles. The summed E-state index contributed by atoms with van der Waals surface area (Å²) in [5.74, 6) is -2.56. The van der Waals surface area contributed by atoms with Crippen molar-refractivity contribution in [2.45, 2.75) is 26.7 Å². The van der Waals surface area contributed by atoms with E-state index in [1.54, 1.807) is 26.0 Å². The summed E-state index contributed by atoms with van der Waals surface area (Å²) in [5, 5.41) is 27.3.